The Bertz CT molecular complexity index is 345. The fourth-order valence-electron chi connectivity index (χ4n) is 2.07. The van der Waals surface area contributed by atoms with Crippen molar-refractivity contribution in [3.8, 4) is 0 Å². The van der Waals surface area contributed by atoms with E-state index in [0.29, 0.717) is 18.5 Å². The first kappa shape index (κ1) is 14.9. The largest absolute Gasteiger partial charge is 0.382 e. The summed E-state index contributed by atoms with van der Waals surface area (Å²) >= 11 is 1.94. The molecule has 1 aromatic carbocycles. The predicted octanol–water partition coefficient (Wildman–Crippen LogP) is 2.77. The Morgan fingerprint density at radius 3 is 2.79 bits per heavy atom. The SMILES string of the molecule is COCCOCCCOCC1Cc2ccccc2S1. The molecule has 0 saturated heterocycles. The van der Waals surface area contributed by atoms with Crippen LogP contribution in [0.4, 0.5) is 0 Å². The van der Waals surface area contributed by atoms with E-state index in [2.05, 4.69) is 24.3 Å². The van der Waals surface area contributed by atoms with Gasteiger partial charge in [0.2, 0.25) is 0 Å². The number of rotatable bonds is 9. The number of benzene rings is 1. The molecule has 0 aromatic heterocycles. The summed E-state index contributed by atoms with van der Waals surface area (Å²) in [6.45, 7) is 3.70. The van der Waals surface area contributed by atoms with Gasteiger partial charge in [-0.2, -0.15) is 0 Å². The number of thioether (sulfide) groups is 1. The van der Waals surface area contributed by atoms with Gasteiger partial charge in [0.1, 0.15) is 0 Å². The summed E-state index contributed by atoms with van der Waals surface area (Å²) in [6.07, 6.45) is 2.08. The zero-order valence-corrected chi connectivity index (χ0v) is 12.3. The number of fused-ring (bicyclic) bond motifs is 1. The van der Waals surface area contributed by atoms with Crippen LogP contribution in [-0.2, 0) is 20.6 Å². The maximum atomic E-state index is 5.72. The molecule has 1 aliphatic heterocycles. The zero-order valence-electron chi connectivity index (χ0n) is 11.5. The molecule has 1 aromatic rings. The highest BCUT2D eigenvalue weighted by Crippen LogP contribution is 2.36. The maximum Gasteiger partial charge on any atom is 0.0700 e. The molecule has 1 unspecified atom stereocenters. The summed E-state index contributed by atoms with van der Waals surface area (Å²) in [5.41, 5.74) is 1.46. The summed E-state index contributed by atoms with van der Waals surface area (Å²) in [6, 6.07) is 8.63. The summed E-state index contributed by atoms with van der Waals surface area (Å²) in [4.78, 5) is 1.42. The van der Waals surface area contributed by atoms with Gasteiger partial charge in [-0.05, 0) is 24.5 Å². The van der Waals surface area contributed by atoms with Crippen LogP contribution in [0.3, 0.4) is 0 Å². The fraction of sp³-hybridized carbons (Fsp3) is 0.600. The molecular weight excluding hydrogens is 260 g/mol. The molecule has 0 N–H and O–H groups in total. The first-order valence-electron chi connectivity index (χ1n) is 6.79. The van der Waals surface area contributed by atoms with Gasteiger partial charge >= 0.3 is 0 Å². The third-order valence-corrected chi connectivity index (χ3v) is 4.32. The van der Waals surface area contributed by atoms with Crippen LogP contribution in [0.15, 0.2) is 29.2 Å². The van der Waals surface area contributed by atoms with Gasteiger partial charge in [0.25, 0.3) is 0 Å². The summed E-state index contributed by atoms with van der Waals surface area (Å²) in [5.74, 6) is 0. The third kappa shape index (κ3) is 5.15. The van der Waals surface area contributed by atoms with E-state index in [9.17, 15) is 0 Å². The fourth-order valence-corrected chi connectivity index (χ4v) is 3.32. The van der Waals surface area contributed by atoms with Crippen LogP contribution < -0.4 is 0 Å². The van der Waals surface area contributed by atoms with E-state index in [0.717, 1.165) is 32.7 Å². The average Bonchev–Trinajstić information content (AvgIpc) is 2.84. The van der Waals surface area contributed by atoms with E-state index in [1.165, 1.54) is 10.5 Å². The van der Waals surface area contributed by atoms with Gasteiger partial charge in [0.05, 0.1) is 19.8 Å². The molecule has 0 amide bonds. The molecule has 1 atom stereocenters. The Labute approximate surface area is 119 Å². The second-order valence-corrected chi connectivity index (χ2v) is 5.93. The summed E-state index contributed by atoms with van der Waals surface area (Å²) in [7, 11) is 1.68. The molecule has 0 radical (unpaired) electrons. The van der Waals surface area contributed by atoms with Crippen LogP contribution in [-0.4, -0.2) is 45.4 Å². The smallest absolute Gasteiger partial charge is 0.0700 e. The van der Waals surface area contributed by atoms with E-state index >= 15 is 0 Å². The molecule has 1 aliphatic rings. The van der Waals surface area contributed by atoms with Crippen molar-refractivity contribution >= 4 is 11.8 Å². The number of ether oxygens (including phenoxy) is 3. The van der Waals surface area contributed by atoms with E-state index < -0.39 is 0 Å². The topological polar surface area (TPSA) is 27.7 Å². The first-order chi connectivity index (χ1) is 9.40. The number of hydrogen-bond donors (Lipinski definition) is 0. The molecule has 0 spiro atoms. The van der Waals surface area contributed by atoms with Crippen LogP contribution in [0, 0.1) is 0 Å². The standard InChI is InChI=1S/C15H22O3S/c1-16-9-10-17-7-4-8-18-12-14-11-13-5-2-3-6-15(13)19-14/h2-3,5-6,14H,4,7-12H2,1H3. The van der Waals surface area contributed by atoms with Crippen molar-refractivity contribution < 1.29 is 14.2 Å². The van der Waals surface area contributed by atoms with Crippen LogP contribution in [0.2, 0.25) is 0 Å². The molecule has 3 nitrogen and oxygen atoms in total. The highest BCUT2D eigenvalue weighted by atomic mass is 32.2. The van der Waals surface area contributed by atoms with E-state index in [-0.39, 0.29) is 0 Å². The lowest BCUT2D eigenvalue weighted by molar-refractivity contribution is 0.0517. The van der Waals surface area contributed by atoms with Gasteiger partial charge in [0, 0.05) is 30.5 Å². The van der Waals surface area contributed by atoms with Crippen molar-refractivity contribution in [3.05, 3.63) is 29.8 Å². The van der Waals surface area contributed by atoms with Gasteiger partial charge < -0.3 is 14.2 Å². The van der Waals surface area contributed by atoms with E-state index in [1.54, 1.807) is 7.11 Å². The molecule has 1 heterocycles. The Morgan fingerprint density at radius 1 is 1.11 bits per heavy atom. The van der Waals surface area contributed by atoms with Crippen molar-refractivity contribution in [3.63, 3.8) is 0 Å². The lowest BCUT2D eigenvalue weighted by Crippen LogP contribution is -2.13. The minimum Gasteiger partial charge on any atom is -0.382 e. The van der Waals surface area contributed by atoms with Gasteiger partial charge in [-0.1, -0.05) is 18.2 Å². The van der Waals surface area contributed by atoms with Crippen molar-refractivity contribution in [1.29, 1.82) is 0 Å². The number of methoxy groups -OCH3 is 1. The molecule has 2 rings (SSSR count). The molecule has 0 fully saturated rings. The monoisotopic (exact) mass is 282 g/mol. The molecule has 4 heteroatoms. The second kappa shape index (κ2) is 8.59. The van der Waals surface area contributed by atoms with Crippen LogP contribution in [0.1, 0.15) is 12.0 Å². The normalized spacial score (nSPS) is 17.6. The zero-order chi connectivity index (χ0) is 13.3. The Hall–Kier alpha value is -0.550. The van der Waals surface area contributed by atoms with E-state index in [1.807, 2.05) is 11.8 Å². The van der Waals surface area contributed by atoms with Crippen LogP contribution in [0.5, 0.6) is 0 Å². The van der Waals surface area contributed by atoms with Crippen molar-refractivity contribution in [2.75, 3.05) is 40.1 Å². The molecule has 19 heavy (non-hydrogen) atoms. The lowest BCUT2D eigenvalue weighted by atomic mass is 10.1. The highest BCUT2D eigenvalue weighted by molar-refractivity contribution is 8.00. The number of hydrogen-bond acceptors (Lipinski definition) is 4. The van der Waals surface area contributed by atoms with Gasteiger partial charge in [-0.15, -0.1) is 11.8 Å². The van der Waals surface area contributed by atoms with Gasteiger partial charge in [-0.25, -0.2) is 0 Å². The molecule has 0 bridgehead atoms. The lowest BCUT2D eigenvalue weighted by Gasteiger charge is -2.09. The van der Waals surface area contributed by atoms with Crippen LogP contribution >= 0.6 is 11.8 Å². The summed E-state index contributed by atoms with van der Waals surface area (Å²) < 4.78 is 16.0. The Kier molecular flexibility index (Phi) is 6.71. The van der Waals surface area contributed by atoms with Gasteiger partial charge in [-0.3, -0.25) is 0 Å². The minimum atomic E-state index is 0.576. The second-order valence-electron chi connectivity index (χ2n) is 4.59. The maximum absolute atomic E-state index is 5.72. The first-order valence-corrected chi connectivity index (χ1v) is 7.67. The van der Waals surface area contributed by atoms with E-state index in [4.69, 9.17) is 14.2 Å². The predicted molar refractivity (Wildman–Crippen MR) is 77.9 cm³/mol. The molecular formula is C15H22O3S. The van der Waals surface area contributed by atoms with Crippen molar-refractivity contribution in [1.82, 2.24) is 0 Å². The highest BCUT2D eigenvalue weighted by Gasteiger charge is 2.21. The van der Waals surface area contributed by atoms with Crippen molar-refractivity contribution in [2.45, 2.75) is 23.0 Å². The van der Waals surface area contributed by atoms with Crippen LogP contribution in [0.25, 0.3) is 0 Å². The molecule has 0 aliphatic carbocycles. The Balaban J connectivity index is 1.49. The molecule has 0 saturated carbocycles. The third-order valence-electron chi connectivity index (χ3n) is 3.03. The quantitative estimate of drug-likeness (QED) is 0.651. The average molecular weight is 282 g/mol. The summed E-state index contributed by atoms with van der Waals surface area (Å²) in [5, 5.41) is 0.576. The van der Waals surface area contributed by atoms with Gasteiger partial charge in [0.15, 0.2) is 0 Å². The molecule has 106 valence electrons. The Morgan fingerprint density at radius 2 is 1.95 bits per heavy atom. The van der Waals surface area contributed by atoms with Crippen molar-refractivity contribution in [2.24, 2.45) is 0 Å². The minimum absolute atomic E-state index is 0.576.